The average Bonchev–Trinajstić information content (AvgIpc) is 3.34. The van der Waals surface area contributed by atoms with Crippen LogP contribution in [0, 0.1) is 6.92 Å². The summed E-state index contributed by atoms with van der Waals surface area (Å²) >= 11 is 5.41. The van der Waals surface area contributed by atoms with Crippen LogP contribution in [0.25, 0.3) is 22.4 Å². The van der Waals surface area contributed by atoms with E-state index < -0.39 is 0 Å². The van der Waals surface area contributed by atoms with Crippen molar-refractivity contribution in [2.75, 3.05) is 5.32 Å². The third-order valence-corrected chi connectivity index (χ3v) is 5.94. The second kappa shape index (κ2) is 10.4. The van der Waals surface area contributed by atoms with Crippen LogP contribution in [-0.4, -0.2) is 21.0 Å². The molecule has 6 nitrogen and oxygen atoms in total. The van der Waals surface area contributed by atoms with Crippen molar-refractivity contribution in [3.8, 4) is 17.1 Å². The Kier molecular flexibility index (Phi) is 6.73. The van der Waals surface area contributed by atoms with E-state index >= 15 is 0 Å². The predicted octanol–water partition coefficient (Wildman–Crippen LogP) is 6.24. The number of rotatable bonds is 6. The topological polar surface area (TPSA) is 79.0 Å². The summed E-state index contributed by atoms with van der Waals surface area (Å²) in [6.45, 7) is 2.44. The molecule has 0 aliphatic rings. The monoisotopic (exact) mass is 492 g/mol. The highest BCUT2D eigenvalue weighted by Gasteiger charge is 2.11. The van der Waals surface area contributed by atoms with Gasteiger partial charge in [0.1, 0.15) is 18.2 Å². The maximum absolute atomic E-state index is 12.7. The number of para-hydroxylation sites is 2. The van der Waals surface area contributed by atoms with Crippen LogP contribution in [0.4, 0.5) is 5.69 Å². The summed E-state index contributed by atoms with van der Waals surface area (Å²) in [5.74, 6) is 1.16. The van der Waals surface area contributed by atoms with Gasteiger partial charge in [0.2, 0.25) is 0 Å². The number of thiocarbonyl (C=S) groups is 1. The normalized spacial score (nSPS) is 10.7. The largest absolute Gasteiger partial charge is 0.489 e. The number of carbonyl (C=O) groups is 1. The number of carbonyl (C=O) groups excluding carboxylic acids is 1. The van der Waals surface area contributed by atoms with Crippen LogP contribution in [0.3, 0.4) is 0 Å². The smallest absolute Gasteiger partial charge is 0.257 e. The third-order valence-electron chi connectivity index (χ3n) is 5.74. The van der Waals surface area contributed by atoms with Gasteiger partial charge in [-0.25, -0.2) is 4.98 Å². The van der Waals surface area contributed by atoms with E-state index in [4.69, 9.17) is 17.0 Å². The van der Waals surface area contributed by atoms with Crippen LogP contribution in [0.2, 0.25) is 0 Å². The predicted molar refractivity (Wildman–Crippen MR) is 147 cm³/mol. The lowest BCUT2D eigenvalue weighted by atomic mass is 10.1. The fourth-order valence-corrected chi connectivity index (χ4v) is 3.97. The molecular formula is C29H24N4O2S. The number of hydrogen-bond acceptors (Lipinski definition) is 4. The molecule has 1 aromatic heterocycles. The highest BCUT2D eigenvalue weighted by Crippen LogP contribution is 2.25. The minimum absolute atomic E-state index is 0.217. The van der Waals surface area contributed by atoms with Gasteiger partial charge in [0.25, 0.3) is 5.91 Å². The Labute approximate surface area is 214 Å². The zero-order chi connectivity index (χ0) is 24.9. The van der Waals surface area contributed by atoms with E-state index in [9.17, 15) is 4.79 Å². The van der Waals surface area contributed by atoms with Gasteiger partial charge in [0.15, 0.2) is 5.11 Å². The van der Waals surface area contributed by atoms with Gasteiger partial charge >= 0.3 is 0 Å². The zero-order valence-corrected chi connectivity index (χ0v) is 20.4. The van der Waals surface area contributed by atoms with Gasteiger partial charge in [-0.15, -0.1) is 0 Å². The van der Waals surface area contributed by atoms with Crippen LogP contribution in [0.1, 0.15) is 21.5 Å². The van der Waals surface area contributed by atoms with E-state index in [1.807, 2.05) is 79.7 Å². The Hall–Kier alpha value is -4.49. The number of amides is 1. The van der Waals surface area contributed by atoms with Gasteiger partial charge in [-0.2, -0.15) is 0 Å². The SMILES string of the molecule is Cc1ccc(-c2nc3ccccc3[nH]2)cc1NC(=S)NC(=O)c1ccc(OCc2ccccc2)cc1. The summed E-state index contributed by atoms with van der Waals surface area (Å²) in [5, 5.41) is 6.10. The van der Waals surface area contributed by atoms with E-state index in [1.54, 1.807) is 24.3 Å². The average molecular weight is 493 g/mol. The summed E-state index contributed by atoms with van der Waals surface area (Å²) in [4.78, 5) is 20.7. The maximum Gasteiger partial charge on any atom is 0.257 e. The van der Waals surface area contributed by atoms with Crippen molar-refractivity contribution in [1.82, 2.24) is 15.3 Å². The molecule has 0 radical (unpaired) electrons. The first-order valence-corrected chi connectivity index (χ1v) is 11.9. The Morgan fingerprint density at radius 1 is 0.944 bits per heavy atom. The number of anilines is 1. The number of benzene rings is 4. The number of fused-ring (bicyclic) bond motifs is 1. The molecule has 0 saturated carbocycles. The molecule has 0 spiro atoms. The van der Waals surface area contributed by atoms with Crippen molar-refractivity contribution in [2.24, 2.45) is 0 Å². The lowest BCUT2D eigenvalue weighted by Gasteiger charge is -2.13. The van der Waals surface area contributed by atoms with Gasteiger partial charge in [0.05, 0.1) is 11.0 Å². The van der Waals surface area contributed by atoms with Gasteiger partial charge < -0.3 is 15.0 Å². The lowest BCUT2D eigenvalue weighted by Crippen LogP contribution is -2.34. The molecule has 0 aliphatic carbocycles. The van der Waals surface area contributed by atoms with Crippen molar-refractivity contribution < 1.29 is 9.53 Å². The van der Waals surface area contributed by atoms with Gasteiger partial charge in [-0.3, -0.25) is 10.1 Å². The molecule has 178 valence electrons. The second-order valence-corrected chi connectivity index (χ2v) is 8.75. The van der Waals surface area contributed by atoms with Crippen LogP contribution in [0.15, 0.2) is 97.1 Å². The summed E-state index contributed by atoms with van der Waals surface area (Å²) < 4.78 is 5.79. The van der Waals surface area contributed by atoms with Gasteiger partial charge in [-0.05, 0) is 72.7 Å². The van der Waals surface area contributed by atoms with E-state index in [1.165, 1.54) is 0 Å². The molecule has 36 heavy (non-hydrogen) atoms. The first-order valence-electron chi connectivity index (χ1n) is 11.5. The number of nitrogens with one attached hydrogen (secondary N) is 3. The molecule has 5 rings (SSSR count). The van der Waals surface area contributed by atoms with E-state index in [0.29, 0.717) is 17.9 Å². The number of imidazole rings is 1. The van der Waals surface area contributed by atoms with Crippen LogP contribution >= 0.6 is 12.2 Å². The maximum atomic E-state index is 12.7. The van der Waals surface area contributed by atoms with Crippen molar-refractivity contribution in [3.63, 3.8) is 0 Å². The summed E-state index contributed by atoms with van der Waals surface area (Å²) in [6, 6.07) is 30.7. The molecule has 1 heterocycles. The molecule has 4 aromatic carbocycles. The second-order valence-electron chi connectivity index (χ2n) is 8.34. The van der Waals surface area contributed by atoms with Crippen molar-refractivity contribution in [1.29, 1.82) is 0 Å². The summed E-state index contributed by atoms with van der Waals surface area (Å²) in [5.41, 5.74) is 6.15. The molecule has 0 bridgehead atoms. The first-order chi connectivity index (χ1) is 17.5. The summed E-state index contributed by atoms with van der Waals surface area (Å²) in [6.07, 6.45) is 0. The Morgan fingerprint density at radius 3 is 2.47 bits per heavy atom. The van der Waals surface area contributed by atoms with E-state index in [-0.39, 0.29) is 11.0 Å². The molecule has 3 N–H and O–H groups in total. The van der Waals surface area contributed by atoms with Crippen molar-refractivity contribution in [3.05, 3.63) is 114 Å². The molecular weight excluding hydrogens is 468 g/mol. The number of ether oxygens (including phenoxy) is 1. The van der Waals surface area contributed by atoms with Crippen LogP contribution in [0.5, 0.6) is 5.75 Å². The van der Waals surface area contributed by atoms with Crippen LogP contribution < -0.4 is 15.4 Å². The number of aryl methyl sites for hydroxylation is 1. The van der Waals surface area contributed by atoms with Crippen molar-refractivity contribution in [2.45, 2.75) is 13.5 Å². The molecule has 0 atom stereocenters. The fraction of sp³-hybridized carbons (Fsp3) is 0.0690. The summed E-state index contributed by atoms with van der Waals surface area (Å²) in [7, 11) is 0. The number of aromatic nitrogens is 2. The van der Waals surface area contributed by atoms with Crippen molar-refractivity contribution >= 4 is 40.0 Å². The minimum Gasteiger partial charge on any atom is -0.489 e. The quantitative estimate of drug-likeness (QED) is 0.244. The zero-order valence-electron chi connectivity index (χ0n) is 19.6. The van der Waals surface area contributed by atoms with Gasteiger partial charge in [-0.1, -0.05) is 54.6 Å². The molecule has 0 unspecified atom stereocenters. The molecule has 5 aromatic rings. The van der Waals surface area contributed by atoms with E-state index in [0.717, 1.165) is 39.2 Å². The molecule has 0 fully saturated rings. The first kappa shape index (κ1) is 23.3. The molecule has 0 aliphatic heterocycles. The minimum atomic E-state index is -0.298. The van der Waals surface area contributed by atoms with E-state index in [2.05, 4.69) is 20.6 Å². The molecule has 1 amide bonds. The van der Waals surface area contributed by atoms with Gasteiger partial charge in [0, 0.05) is 16.8 Å². The van der Waals surface area contributed by atoms with Crippen LogP contribution in [-0.2, 0) is 6.61 Å². The Balaban J connectivity index is 1.21. The molecule has 0 saturated heterocycles. The Morgan fingerprint density at radius 2 is 1.69 bits per heavy atom. The number of aromatic amines is 1. The highest BCUT2D eigenvalue weighted by molar-refractivity contribution is 7.80. The number of hydrogen-bond donors (Lipinski definition) is 3. The lowest BCUT2D eigenvalue weighted by molar-refractivity contribution is 0.0977. The number of nitrogens with zero attached hydrogens (tertiary/aromatic N) is 1. The third kappa shape index (κ3) is 5.42. The Bertz CT molecular complexity index is 1500. The molecule has 7 heteroatoms. The fourth-order valence-electron chi connectivity index (χ4n) is 3.77. The highest BCUT2D eigenvalue weighted by atomic mass is 32.1. The standard InChI is InChI=1S/C29H24N4O2S/c1-19-11-12-22(27-30-24-9-5-6-10-25(24)31-27)17-26(19)32-29(36)33-28(34)21-13-15-23(16-14-21)35-18-20-7-3-2-4-8-20/h2-17H,18H2,1H3,(H,30,31)(H2,32,33,34,36). The number of H-pyrrole nitrogens is 1.